The first-order valence-electron chi connectivity index (χ1n) is 8.52. The predicted molar refractivity (Wildman–Crippen MR) is 102 cm³/mol. The number of hydrogen-bond acceptors (Lipinski definition) is 5. The van der Waals surface area contributed by atoms with Crippen LogP contribution in [-0.2, 0) is 0 Å². The lowest BCUT2D eigenvalue weighted by Crippen LogP contribution is -2.15. The molecule has 0 fully saturated rings. The fourth-order valence-electron chi connectivity index (χ4n) is 2.85. The second-order valence-electron chi connectivity index (χ2n) is 5.79. The molecule has 1 N–H and O–H groups in total. The number of aromatic nitrogens is 4. The van der Waals surface area contributed by atoms with Gasteiger partial charge in [0.2, 0.25) is 5.95 Å². The van der Waals surface area contributed by atoms with Crippen molar-refractivity contribution in [1.29, 1.82) is 0 Å². The number of hydrogen-bond donors (Lipinski definition) is 1. The summed E-state index contributed by atoms with van der Waals surface area (Å²) >= 11 is 0. The Morgan fingerprint density at radius 1 is 1.15 bits per heavy atom. The molecule has 2 heterocycles. The minimum absolute atomic E-state index is 0.269. The maximum Gasteiger partial charge on any atom is 0.260 e. The molecule has 7 heteroatoms. The molecule has 0 saturated heterocycles. The Labute approximate surface area is 155 Å². The van der Waals surface area contributed by atoms with Crippen molar-refractivity contribution >= 4 is 22.4 Å². The lowest BCUT2D eigenvalue weighted by Gasteiger charge is -2.13. The van der Waals surface area contributed by atoms with Crippen LogP contribution in [0.25, 0.3) is 16.7 Å². The van der Waals surface area contributed by atoms with Crippen molar-refractivity contribution in [2.45, 2.75) is 6.92 Å². The van der Waals surface area contributed by atoms with Crippen molar-refractivity contribution < 1.29 is 9.53 Å². The highest BCUT2D eigenvalue weighted by molar-refractivity contribution is 6.14. The van der Waals surface area contributed by atoms with Gasteiger partial charge in [-0.05, 0) is 23.8 Å². The molecular formula is C20H17N5O2. The normalized spacial score (nSPS) is 10.7. The zero-order chi connectivity index (χ0) is 18.6. The van der Waals surface area contributed by atoms with Crippen LogP contribution in [0.3, 0.4) is 0 Å². The summed E-state index contributed by atoms with van der Waals surface area (Å²) in [5.74, 6) is 0.754. The molecule has 0 bridgehead atoms. The van der Waals surface area contributed by atoms with Crippen LogP contribution in [0.5, 0.6) is 5.75 Å². The molecule has 2 aromatic heterocycles. The van der Waals surface area contributed by atoms with Crippen molar-refractivity contribution in [2.75, 3.05) is 11.9 Å². The van der Waals surface area contributed by atoms with Gasteiger partial charge in [0.1, 0.15) is 12.1 Å². The SMILES string of the molecule is CCOc1ccc2ccccc2c1C(=O)Nc1cnc(-n2ccnc2)nc1. The monoisotopic (exact) mass is 359 g/mol. The van der Waals surface area contributed by atoms with E-state index in [0.29, 0.717) is 29.6 Å². The Morgan fingerprint density at radius 3 is 2.70 bits per heavy atom. The van der Waals surface area contributed by atoms with Gasteiger partial charge in [0.25, 0.3) is 5.91 Å². The molecule has 4 rings (SSSR count). The summed E-state index contributed by atoms with van der Waals surface area (Å²) in [5.41, 5.74) is 0.993. The molecule has 0 aliphatic carbocycles. The smallest absolute Gasteiger partial charge is 0.260 e. The number of rotatable bonds is 5. The molecule has 0 radical (unpaired) electrons. The number of carbonyl (C=O) groups is 1. The van der Waals surface area contributed by atoms with Gasteiger partial charge in [0, 0.05) is 12.4 Å². The number of benzene rings is 2. The lowest BCUT2D eigenvalue weighted by molar-refractivity contribution is 0.102. The Morgan fingerprint density at radius 2 is 1.96 bits per heavy atom. The van der Waals surface area contributed by atoms with Crippen molar-refractivity contribution in [3.05, 3.63) is 73.1 Å². The highest BCUT2D eigenvalue weighted by Crippen LogP contribution is 2.29. The molecule has 2 aromatic carbocycles. The van der Waals surface area contributed by atoms with Gasteiger partial charge in [0.15, 0.2) is 0 Å². The number of nitrogens with one attached hydrogen (secondary N) is 1. The lowest BCUT2D eigenvalue weighted by atomic mass is 10.0. The quantitative estimate of drug-likeness (QED) is 0.590. The van der Waals surface area contributed by atoms with Crippen LogP contribution in [-0.4, -0.2) is 32.0 Å². The van der Waals surface area contributed by atoms with Crippen LogP contribution in [0.2, 0.25) is 0 Å². The van der Waals surface area contributed by atoms with E-state index in [1.54, 1.807) is 35.7 Å². The highest BCUT2D eigenvalue weighted by atomic mass is 16.5. The largest absolute Gasteiger partial charge is 0.493 e. The van der Waals surface area contributed by atoms with Gasteiger partial charge in [-0.1, -0.05) is 30.3 Å². The molecule has 0 unspecified atom stereocenters. The third kappa shape index (κ3) is 3.35. The fraction of sp³-hybridized carbons (Fsp3) is 0.100. The van der Waals surface area contributed by atoms with E-state index in [1.165, 1.54) is 0 Å². The van der Waals surface area contributed by atoms with E-state index in [9.17, 15) is 4.79 Å². The molecular weight excluding hydrogens is 342 g/mol. The minimum Gasteiger partial charge on any atom is -0.493 e. The number of carbonyl (C=O) groups excluding carboxylic acids is 1. The number of nitrogens with zero attached hydrogens (tertiary/aromatic N) is 4. The molecule has 134 valence electrons. The van der Waals surface area contributed by atoms with E-state index in [0.717, 1.165) is 10.8 Å². The fourth-order valence-corrected chi connectivity index (χ4v) is 2.85. The van der Waals surface area contributed by atoms with Crippen LogP contribution in [0.4, 0.5) is 5.69 Å². The molecule has 0 atom stereocenters. The minimum atomic E-state index is -0.269. The summed E-state index contributed by atoms with van der Waals surface area (Å²) in [7, 11) is 0. The van der Waals surface area contributed by atoms with Crippen molar-refractivity contribution in [3.8, 4) is 11.7 Å². The first kappa shape index (κ1) is 16.7. The van der Waals surface area contributed by atoms with E-state index in [4.69, 9.17) is 4.74 Å². The van der Waals surface area contributed by atoms with Crippen LogP contribution in [0, 0.1) is 0 Å². The summed E-state index contributed by atoms with van der Waals surface area (Å²) in [4.78, 5) is 25.4. The van der Waals surface area contributed by atoms with Crippen molar-refractivity contribution in [2.24, 2.45) is 0 Å². The standard InChI is InChI=1S/C20H17N5O2/c1-2-27-17-8-7-14-5-3-4-6-16(14)18(17)19(26)24-15-11-22-20(23-12-15)25-10-9-21-13-25/h3-13H,2H2,1H3,(H,24,26). The number of fused-ring (bicyclic) bond motifs is 1. The number of imidazole rings is 1. The third-order valence-corrected chi connectivity index (χ3v) is 4.05. The number of amides is 1. The van der Waals surface area contributed by atoms with Gasteiger partial charge >= 0.3 is 0 Å². The molecule has 0 aliphatic rings. The second kappa shape index (κ2) is 7.25. The second-order valence-corrected chi connectivity index (χ2v) is 5.79. The van der Waals surface area contributed by atoms with Gasteiger partial charge in [-0.3, -0.25) is 9.36 Å². The molecule has 7 nitrogen and oxygen atoms in total. The van der Waals surface area contributed by atoms with E-state index < -0.39 is 0 Å². The average Bonchev–Trinajstić information content (AvgIpc) is 3.23. The molecule has 0 spiro atoms. The average molecular weight is 359 g/mol. The maximum absolute atomic E-state index is 13.0. The first-order valence-corrected chi connectivity index (χ1v) is 8.52. The van der Waals surface area contributed by atoms with Crippen LogP contribution in [0.1, 0.15) is 17.3 Å². The van der Waals surface area contributed by atoms with Gasteiger partial charge in [-0.2, -0.15) is 0 Å². The zero-order valence-electron chi connectivity index (χ0n) is 14.7. The van der Waals surface area contributed by atoms with Gasteiger partial charge in [-0.25, -0.2) is 15.0 Å². The Balaban J connectivity index is 1.65. The zero-order valence-corrected chi connectivity index (χ0v) is 14.7. The molecule has 0 aliphatic heterocycles. The Hall–Kier alpha value is -3.74. The summed E-state index contributed by atoms with van der Waals surface area (Å²) in [6, 6.07) is 11.5. The molecule has 27 heavy (non-hydrogen) atoms. The topological polar surface area (TPSA) is 81.9 Å². The van der Waals surface area contributed by atoms with Gasteiger partial charge in [-0.15, -0.1) is 0 Å². The van der Waals surface area contributed by atoms with Crippen LogP contribution < -0.4 is 10.1 Å². The van der Waals surface area contributed by atoms with Gasteiger partial charge < -0.3 is 10.1 Å². The van der Waals surface area contributed by atoms with Gasteiger partial charge in [0.05, 0.1) is 30.3 Å². The Bertz CT molecular complexity index is 1080. The van der Waals surface area contributed by atoms with Crippen molar-refractivity contribution in [1.82, 2.24) is 19.5 Å². The highest BCUT2D eigenvalue weighted by Gasteiger charge is 2.17. The maximum atomic E-state index is 13.0. The Kier molecular flexibility index (Phi) is 4.49. The summed E-state index contributed by atoms with van der Waals surface area (Å²) < 4.78 is 7.35. The van der Waals surface area contributed by atoms with Crippen molar-refractivity contribution in [3.63, 3.8) is 0 Å². The van der Waals surface area contributed by atoms with E-state index in [2.05, 4.69) is 20.3 Å². The van der Waals surface area contributed by atoms with Crippen LogP contribution in [0.15, 0.2) is 67.5 Å². The first-order chi connectivity index (χ1) is 13.3. The summed E-state index contributed by atoms with van der Waals surface area (Å²) in [6.45, 7) is 2.36. The summed E-state index contributed by atoms with van der Waals surface area (Å²) in [5, 5.41) is 4.65. The van der Waals surface area contributed by atoms with E-state index >= 15 is 0 Å². The van der Waals surface area contributed by atoms with E-state index in [-0.39, 0.29) is 5.91 Å². The number of ether oxygens (including phenoxy) is 1. The van der Waals surface area contributed by atoms with E-state index in [1.807, 2.05) is 43.3 Å². The predicted octanol–water partition coefficient (Wildman–Crippen LogP) is 3.47. The van der Waals surface area contributed by atoms with Crippen LogP contribution >= 0.6 is 0 Å². The molecule has 4 aromatic rings. The molecule has 0 saturated carbocycles. The molecule has 1 amide bonds. The number of anilines is 1. The third-order valence-electron chi connectivity index (χ3n) is 4.05. The summed E-state index contributed by atoms with van der Waals surface area (Å²) in [6.07, 6.45) is 8.13.